The van der Waals surface area contributed by atoms with Gasteiger partial charge in [-0.15, -0.1) is 0 Å². The van der Waals surface area contributed by atoms with E-state index in [0.717, 1.165) is 12.1 Å². The van der Waals surface area contributed by atoms with E-state index in [0.29, 0.717) is 5.56 Å². The zero-order chi connectivity index (χ0) is 22.6. The van der Waals surface area contributed by atoms with Gasteiger partial charge in [-0.05, 0) is 36.5 Å². The fraction of sp³-hybridized carbons (Fsp3) is 0.300. The van der Waals surface area contributed by atoms with Gasteiger partial charge in [0.1, 0.15) is 24.0 Å². The van der Waals surface area contributed by atoms with Gasteiger partial charge < -0.3 is 14.8 Å². The number of hydrogen-bond acceptors (Lipinski definition) is 6. The van der Waals surface area contributed by atoms with Crippen LogP contribution in [0.15, 0.2) is 40.4 Å². The van der Waals surface area contributed by atoms with Crippen molar-refractivity contribution >= 4 is 35.7 Å². The summed E-state index contributed by atoms with van der Waals surface area (Å²) in [4.78, 5) is 24.0. The van der Waals surface area contributed by atoms with Gasteiger partial charge in [-0.2, -0.15) is 0 Å². The molecule has 1 aliphatic rings. The molecule has 1 N–H and O–H groups in total. The molecule has 0 fully saturated rings. The highest BCUT2D eigenvalue weighted by molar-refractivity contribution is 6.34. The number of carbonyl (C=O) groups is 1. The molecule has 1 aromatic carbocycles. The number of nitrogens with zero attached hydrogens (tertiary/aromatic N) is 3. The molecule has 1 aliphatic heterocycles. The second-order valence-corrected chi connectivity index (χ2v) is 7.07. The number of amides is 1. The van der Waals surface area contributed by atoms with Crippen molar-refractivity contribution in [3.05, 3.63) is 58.1 Å². The van der Waals surface area contributed by atoms with Crippen molar-refractivity contribution in [2.75, 3.05) is 25.6 Å². The molecule has 0 bridgehead atoms. The highest BCUT2D eigenvalue weighted by Gasteiger charge is 2.46. The molecule has 1 amide bonds. The summed E-state index contributed by atoms with van der Waals surface area (Å²) in [7, 11) is 1.50. The summed E-state index contributed by atoms with van der Waals surface area (Å²) in [6.45, 7) is 2.84. The summed E-state index contributed by atoms with van der Waals surface area (Å²) in [5, 5.41) is 2.56. The van der Waals surface area contributed by atoms with E-state index in [1.165, 1.54) is 25.4 Å². The van der Waals surface area contributed by atoms with E-state index >= 15 is 0 Å². The lowest BCUT2D eigenvalue weighted by Gasteiger charge is -2.33. The predicted octanol–water partition coefficient (Wildman–Crippen LogP) is 3.86. The number of alkyl halides is 2. The van der Waals surface area contributed by atoms with Crippen molar-refractivity contribution in [2.24, 2.45) is 9.98 Å². The highest BCUT2D eigenvalue weighted by atomic mass is 35.5. The summed E-state index contributed by atoms with van der Waals surface area (Å²) in [5.41, 5.74) is -2.15. The van der Waals surface area contributed by atoms with Crippen LogP contribution < -0.4 is 5.32 Å². The van der Waals surface area contributed by atoms with Gasteiger partial charge in [-0.25, -0.2) is 28.1 Å². The van der Waals surface area contributed by atoms with E-state index in [2.05, 4.69) is 27.0 Å². The Balaban J connectivity index is 1.94. The molecular formula is C20H18ClF3N4O3. The van der Waals surface area contributed by atoms with Gasteiger partial charge in [0.2, 0.25) is 0 Å². The van der Waals surface area contributed by atoms with Gasteiger partial charge >= 0.3 is 0 Å². The van der Waals surface area contributed by atoms with E-state index in [-0.39, 0.29) is 35.5 Å². The topological polar surface area (TPSA) is 85.2 Å². The molecule has 2 heterocycles. The number of hydrogen-bond donors (Lipinski definition) is 1. The second kappa shape index (κ2) is 9.54. The summed E-state index contributed by atoms with van der Waals surface area (Å²) >= 11 is 6.11. The number of aromatic nitrogens is 1. The van der Waals surface area contributed by atoms with Crippen molar-refractivity contribution in [3.8, 4) is 0 Å². The molecule has 1 atom stereocenters. The number of pyridine rings is 1. The first-order chi connectivity index (χ1) is 14.8. The number of carbonyl (C=O) groups excluding carboxylic acids is 1. The average Bonchev–Trinajstić information content (AvgIpc) is 2.75. The van der Waals surface area contributed by atoms with Crippen LogP contribution in [0, 0.1) is 5.82 Å². The Morgan fingerprint density at radius 1 is 1.45 bits per heavy atom. The summed E-state index contributed by atoms with van der Waals surface area (Å²) in [5.74, 6) is -1.71. The van der Waals surface area contributed by atoms with Crippen molar-refractivity contribution in [1.29, 1.82) is 0 Å². The summed E-state index contributed by atoms with van der Waals surface area (Å²) in [6.07, 6.45) is -1.68. The molecule has 0 radical (unpaired) electrons. The van der Waals surface area contributed by atoms with Crippen LogP contribution in [0.3, 0.4) is 0 Å². The predicted molar refractivity (Wildman–Crippen MR) is 110 cm³/mol. The minimum Gasteiger partial charge on any atom is -0.380 e. The fourth-order valence-corrected chi connectivity index (χ4v) is 3.33. The maximum Gasteiger partial charge on any atom is 0.275 e. The van der Waals surface area contributed by atoms with Crippen LogP contribution >= 0.6 is 11.6 Å². The Kier molecular flexibility index (Phi) is 7.04. The third-order valence-electron chi connectivity index (χ3n) is 4.54. The molecular weight excluding hydrogens is 437 g/mol. The van der Waals surface area contributed by atoms with Crippen LogP contribution in [-0.4, -0.2) is 50.2 Å². The lowest BCUT2D eigenvalue weighted by Crippen LogP contribution is -2.43. The molecule has 0 unspecified atom stereocenters. The van der Waals surface area contributed by atoms with Crippen molar-refractivity contribution in [1.82, 2.24) is 4.98 Å². The molecule has 31 heavy (non-hydrogen) atoms. The largest absolute Gasteiger partial charge is 0.380 e. The number of aliphatic imine (C=N–C) groups is 2. The number of anilines is 1. The minimum absolute atomic E-state index is 0.0501. The van der Waals surface area contributed by atoms with Crippen LogP contribution in [0.25, 0.3) is 0 Å². The molecule has 0 spiro atoms. The van der Waals surface area contributed by atoms with Gasteiger partial charge in [-0.1, -0.05) is 11.6 Å². The van der Waals surface area contributed by atoms with E-state index < -0.39 is 35.9 Å². The standard InChI is InChI=1S/C20H18ClF3N4O3/c1-25-16-9-31-10-20(28-16,19(23)24)13-6-12(3-4-15(13)22)27-18(29)17-14(21)5-11(7-26-17)8-30-2/h3-7,19H,1,8-10H2,2H3,(H,27,29)/t20-/m0/s1. The molecule has 164 valence electrons. The Bertz CT molecular complexity index is 1030. The first-order valence-corrected chi connectivity index (χ1v) is 9.34. The Morgan fingerprint density at radius 2 is 2.23 bits per heavy atom. The number of amidine groups is 1. The molecule has 0 aliphatic carbocycles. The van der Waals surface area contributed by atoms with Crippen LogP contribution in [0.5, 0.6) is 0 Å². The lowest BCUT2D eigenvalue weighted by atomic mass is 9.90. The van der Waals surface area contributed by atoms with Crippen LogP contribution in [0.1, 0.15) is 21.6 Å². The Labute approximate surface area is 181 Å². The monoisotopic (exact) mass is 454 g/mol. The smallest absolute Gasteiger partial charge is 0.275 e. The van der Waals surface area contributed by atoms with Crippen LogP contribution in [0.4, 0.5) is 18.9 Å². The molecule has 11 heteroatoms. The number of ether oxygens (including phenoxy) is 2. The lowest BCUT2D eigenvalue weighted by molar-refractivity contribution is -0.0145. The first kappa shape index (κ1) is 22.9. The number of nitrogens with one attached hydrogen (secondary N) is 1. The third kappa shape index (κ3) is 4.76. The third-order valence-corrected chi connectivity index (χ3v) is 4.83. The normalized spacial score (nSPS) is 18.6. The molecule has 3 rings (SSSR count). The van der Waals surface area contributed by atoms with E-state index in [1.54, 1.807) is 0 Å². The number of methoxy groups -OCH3 is 1. The zero-order valence-corrected chi connectivity index (χ0v) is 17.1. The fourth-order valence-electron chi connectivity index (χ4n) is 3.06. The summed E-state index contributed by atoms with van der Waals surface area (Å²) in [6, 6.07) is 4.78. The quantitative estimate of drug-likeness (QED) is 0.672. The zero-order valence-electron chi connectivity index (χ0n) is 16.4. The van der Waals surface area contributed by atoms with Gasteiger partial charge in [0.25, 0.3) is 12.3 Å². The van der Waals surface area contributed by atoms with E-state index in [9.17, 15) is 18.0 Å². The van der Waals surface area contributed by atoms with Crippen molar-refractivity contribution < 1.29 is 27.4 Å². The average molecular weight is 455 g/mol. The minimum atomic E-state index is -3.10. The number of halogens is 4. The highest BCUT2D eigenvalue weighted by Crippen LogP contribution is 2.38. The van der Waals surface area contributed by atoms with Gasteiger partial charge in [-0.3, -0.25) is 4.79 Å². The van der Waals surface area contributed by atoms with Crippen molar-refractivity contribution in [3.63, 3.8) is 0 Å². The number of benzene rings is 1. The van der Waals surface area contributed by atoms with E-state index in [1.807, 2.05) is 0 Å². The Hall–Kier alpha value is -2.82. The van der Waals surface area contributed by atoms with Gasteiger partial charge in [0, 0.05) is 24.6 Å². The molecule has 1 aromatic heterocycles. The molecule has 2 aromatic rings. The van der Waals surface area contributed by atoms with E-state index in [4.69, 9.17) is 21.1 Å². The maximum absolute atomic E-state index is 14.6. The second-order valence-electron chi connectivity index (χ2n) is 6.66. The van der Waals surface area contributed by atoms with Crippen LogP contribution in [0.2, 0.25) is 5.02 Å². The SMILES string of the molecule is C=NC1=N[C@@](c2cc(NC(=O)c3ncc(COC)cc3Cl)ccc2F)(C(F)F)COC1. The molecule has 0 saturated heterocycles. The van der Waals surface area contributed by atoms with Crippen molar-refractivity contribution in [2.45, 2.75) is 18.6 Å². The first-order valence-electron chi connectivity index (χ1n) is 8.97. The summed E-state index contributed by atoms with van der Waals surface area (Å²) < 4.78 is 52.8. The van der Waals surface area contributed by atoms with Crippen LogP contribution in [-0.2, 0) is 21.6 Å². The molecule has 0 saturated carbocycles. The Morgan fingerprint density at radius 3 is 2.87 bits per heavy atom. The van der Waals surface area contributed by atoms with Gasteiger partial charge in [0.15, 0.2) is 5.54 Å². The van der Waals surface area contributed by atoms with Gasteiger partial charge in [0.05, 0.1) is 18.2 Å². The number of rotatable bonds is 6. The molecule has 7 nitrogen and oxygen atoms in total. The maximum atomic E-state index is 14.6.